The SMILES string of the molecule is CC(=O)Nc1ccc(S(=O)(=O)Oc2ccc3ccccc3c2/C=C2\SC(=O)N(CC(=O)OC(C)C)C2=O)cc1. The lowest BCUT2D eigenvalue weighted by molar-refractivity contribution is -0.149. The van der Waals surface area contributed by atoms with E-state index in [0.29, 0.717) is 22.8 Å². The van der Waals surface area contributed by atoms with Crippen molar-refractivity contribution in [2.75, 3.05) is 11.9 Å². The summed E-state index contributed by atoms with van der Waals surface area (Å²) in [5.41, 5.74) is 0.683. The van der Waals surface area contributed by atoms with E-state index in [9.17, 15) is 27.6 Å². The van der Waals surface area contributed by atoms with E-state index in [2.05, 4.69) is 5.32 Å². The van der Waals surface area contributed by atoms with Gasteiger partial charge in [0.15, 0.2) is 5.75 Å². The molecule has 1 fully saturated rings. The molecule has 1 aliphatic rings. The first kappa shape index (κ1) is 27.9. The van der Waals surface area contributed by atoms with Crippen LogP contribution in [0.2, 0.25) is 0 Å². The Morgan fingerprint density at radius 2 is 1.72 bits per heavy atom. The summed E-state index contributed by atoms with van der Waals surface area (Å²) in [5, 5.41) is 3.23. The highest BCUT2D eigenvalue weighted by molar-refractivity contribution is 8.18. The fraction of sp³-hybridized carbons (Fsp3) is 0.185. The molecule has 0 saturated carbocycles. The van der Waals surface area contributed by atoms with E-state index in [1.54, 1.807) is 44.2 Å². The van der Waals surface area contributed by atoms with Crippen LogP contribution in [0.15, 0.2) is 70.5 Å². The third kappa shape index (κ3) is 6.47. The van der Waals surface area contributed by atoms with Gasteiger partial charge in [-0.15, -0.1) is 0 Å². The van der Waals surface area contributed by atoms with Gasteiger partial charge in [0.2, 0.25) is 5.91 Å². The third-order valence-electron chi connectivity index (χ3n) is 5.40. The van der Waals surface area contributed by atoms with Crippen molar-refractivity contribution in [3.63, 3.8) is 0 Å². The average molecular weight is 569 g/mol. The minimum atomic E-state index is -4.32. The number of esters is 1. The molecule has 0 aromatic heterocycles. The molecule has 0 atom stereocenters. The number of rotatable bonds is 8. The molecule has 1 N–H and O–H groups in total. The summed E-state index contributed by atoms with van der Waals surface area (Å²) < 4.78 is 36.8. The molecule has 39 heavy (non-hydrogen) atoms. The maximum absolute atomic E-state index is 13.1. The normalized spacial score (nSPS) is 14.8. The molecular weight excluding hydrogens is 544 g/mol. The van der Waals surface area contributed by atoms with Crippen molar-refractivity contribution in [2.24, 2.45) is 0 Å². The topological polar surface area (TPSA) is 136 Å². The summed E-state index contributed by atoms with van der Waals surface area (Å²) in [6, 6.07) is 15.7. The molecule has 1 heterocycles. The first-order chi connectivity index (χ1) is 18.4. The number of benzene rings is 3. The molecule has 1 saturated heterocycles. The largest absolute Gasteiger partial charge is 0.462 e. The highest BCUT2D eigenvalue weighted by atomic mass is 32.2. The Morgan fingerprint density at radius 3 is 2.38 bits per heavy atom. The zero-order chi connectivity index (χ0) is 28.3. The van der Waals surface area contributed by atoms with Crippen LogP contribution in [0.5, 0.6) is 5.75 Å². The van der Waals surface area contributed by atoms with E-state index in [0.717, 1.165) is 10.3 Å². The summed E-state index contributed by atoms with van der Waals surface area (Å²) in [7, 11) is -4.32. The van der Waals surface area contributed by atoms with E-state index in [4.69, 9.17) is 8.92 Å². The van der Waals surface area contributed by atoms with Crippen LogP contribution in [0.25, 0.3) is 16.8 Å². The van der Waals surface area contributed by atoms with Crippen molar-refractivity contribution in [1.29, 1.82) is 0 Å². The standard InChI is InChI=1S/C27H24N2O8S2/c1-16(2)36-25(31)15-29-26(32)24(38-27(29)33)14-22-21-7-5-4-6-18(21)8-13-23(22)37-39(34,35)20-11-9-19(10-12-20)28-17(3)30/h4-14,16H,15H2,1-3H3,(H,28,30)/b24-14-. The smallest absolute Gasteiger partial charge is 0.339 e. The zero-order valence-corrected chi connectivity index (χ0v) is 22.8. The van der Waals surface area contributed by atoms with Crippen LogP contribution in [-0.4, -0.2) is 49.0 Å². The second kappa shape index (κ2) is 11.3. The molecule has 0 radical (unpaired) electrons. The lowest BCUT2D eigenvalue weighted by Crippen LogP contribution is -2.35. The Morgan fingerprint density at radius 1 is 1.03 bits per heavy atom. The Labute approximate surface area is 229 Å². The van der Waals surface area contributed by atoms with Crippen molar-refractivity contribution in [1.82, 2.24) is 4.90 Å². The summed E-state index contributed by atoms with van der Waals surface area (Å²) in [6.07, 6.45) is 0.970. The minimum Gasteiger partial charge on any atom is -0.462 e. The van der Waals surface area contributed by atoms with Gasteiger partial charge < -0.3 is 14.2 Å². The number of ether oxygens (including phenoxy) is 1. The first-order valence-electron chi connectivity index (χ1n) is 11.7. The van der Waals surface area contributed by atoms with E-state index in [1.807, 2.05) is 0 Å². The Kier molecular flexibility index (Phi) is 8.07. The van der Waals surface area contributed by atoms with Crippen LogP contribution in [-0.2, 0) is 29.2 Å². The molecule has 10 nitrogen and oxygen atoms in total. The number of nitrogens with zero attached hydrogens (tertiary/aromatic N) is 1. The second-order valence-corrected chi connectivity index (χ2v) is 11.3. The van der Waals surface area contributed by atoms with Crippen LogP contribution in [0, 0.1) is 0 Å². The van der Waals surface area contributed by atoms with Gasteiger partial charge in [0, 0.05) is 18.2 Å². The molecule has 0 spiro atoms. The van der Waals surface area contributed by atoms with Gasteiger partial charge >= 0.3 is 16.1 Å². The molecule has 202 valence electrons. The van der Waals surface area contributed by atoms with Crippen LogP contribution >= 0.6 is 11.8 Å². The maximum atomic E-state index is 13.1. The van der Waals surface area contributed by atoms with Crippen LogP contribution in [0.1, 0.15) is 26.3 Å². The van der Waals surface area contributed by atoms with Crippen molar-refractivity contribution in [3.8, 4) is 5.75 Å². The zero-order valence-electron chi connectivity index (χ0n) is 21.2. The number of amides is 3. The van der Waals surface area contributed by atoms with Gasteiger partial charge in [-0.3, -0.25) is 24.1 Å². The van der Waals surface area contributed by atoms with Crippen LogP contribution < -0.4 is 9.50 Å². The predicted octanol–water partition coefficient (Wildman–Crippen LogP) is 4.55. The number of carbonyl (C=O) groups excluding carboxylic acids is 4. The summed E-state index contributed by atoms with van der Waals surface area (Å²) in [4.78, 5) is 49.5. The summed E-state index contributed by atoms with van der Waals surface area (Å²) >= 11 is 0.627. The van der Waals surface area contributed by atoms with Crippen molar-refractivity contribution in [2.45, 2.75) is 31.8 Å². The van der Waals surface area contributed by atoms with Gasteiger partial charge in [-0.05, 0) is 72.8 Å². The van der Waals surface area contributed by atoms with Crippen molar-refractivity contribution in [3.05, 3.63) is 71.1 Å². The molecule has 12 heteroatoms. The Hall–Kier alpha value is -4.16. The molecule has 3 amide bonds. The lowest BCUT2D eigenvalue weighted by atomic mass is 10.0. The number of imide groups is 1. The molecule has 0 bridgehead atoms. The number of carbonyl (C=O) groups is 4. The third-order valence-corrected chi connectivity index (χ3v) is 7.55. The lowest BCUT2D eigenvalue weighted by Gasteiger charge is -2.14. The monoisotopic (exact) mass is 568 g/mol. The summed E-state index contributed by atoms with van der Waals surface area (Å²) in [5.74, 6) is -1.80. The molecule has 0 unspecified atom stereocenters. The van der Waals surface area contributed by atoms with Gasteiger partial charge in [0.1, 0.15) is 11.4 Å². The first-order valence-corrected chi connectivity index (χ1v) is 14.0. The highest BCUT2D eigenvalue weighted by Crippen LogP contribution is 2.37. The number of anilines is 1. The number of thioether (sulfide) groups is 1. The fourth-order valence-electron chi connectivity index (χ4n) is 3.77. The van der Waals surface area contributed by atoms with Crippen molar-refractivity contribution >= 4 is 67.4 Å². The Balaban J connectivity index is 1.70. The predicted molar refractivity (Wildman–Crippen MR) is 146 cm³/mol. The van der Waals surface area contributed by atoms with Crippen LogP contribution in [0.3, 0.4) is 0 Å². The molecule has 3 aromatic rings. The fourth-order valence-corrected chi connectivity index (χ4v) is 5.54. The molecule has 3 aromatic carbocycles. The molecule has 4 rings (SSSR count). The number of hydrogen-bond acceptors (Lipinski definition) is 9. The summed E-state index contributed by atoms with van der Waals surface area (Å²) in [6.45, 7) is 4.10. The van der Waals surface area contributed by atoms with Gasteiger partial charge in [0.05, 0.1) is 11.0 Å². The van der Waals surface area contributed by atoms with Gasteiger partial charge in [-0.25, -0.2) is 0 Å². The van der Waals surface area contributed by atoms with Gasteiger partial charge in [-0.1, -0.05) is 30.3 Å². The molecule has 0 aliphatic carbocycles. The second-order valence-electron chi connectivity index (χ2n) is 8.75. The minimum absolute atomic E-state index is 0.00407. The molecular formula is C27H24N2O8S2. The molecule has 1 aliphatic heterocycles. The van der Waals surface area contributed by atoms with E-state index >= 15 is 0 Å². The number of nitrogens with one attached hydrogen (secondary N) is 1. The van der Waals surface area contributed by atoms with Crippen LogP contribution in [0.4, 0.5) is 10.5 Å². The van der Waals surface area contributed by atoms with E-state index < -0.39 is 39.9 Å². The van der Waals surface area contributed by atoms with E-state index in [-0.39, 0.29) is 27.0 Å². The quantitative estimate of drug-likeness (QED) is 0.236. The number of hydrogen-bond donors (Lipinski definition) is 1. The van der Waals surface area contributed by atoms with E-state index in [1.165, 1.54) is 43.3 Å². The van der Waals surface area contributed by atoms with Gasteiger partial charge in [-0.2, -0.15) is 8.42 Å². The highest BCUT2D eigenvalue weighted by Gasteiger charge is 2.37. The maximum Gasteiger partial charge on any atom is 0.339 e. The average Bonchev–Trinajstić information content (AvgIpc) is 3.12. The van der Waals surface area contributed by atoms with Gasteiger partial charge in [0.25, 0.3) is 11.1 Å². The Bertz CT molecular complexity index is 1610. The number of fused-ring (bicyclic) bond motifs is 1. The van der Waals surface area contributed by atoms with Crippen molar-refractivity contribution < 1.29 is 36.5 Å².